The predicted molar refractivity (Wildman–Crippen MR) is 273 cm³/mol. The molecule has 4 amide bonds. The minimum absolute atomic E-state index is 0.0145. The van der Waals surface area contributed by atoms with E-state index in [1.165, 1.54) is 9.80 Å². The molecule has 4 heterocycles. The van der Waals surface area contributed by atoms with Crippen LogP contribution in [0.3, 0.4) is 0 Å². The third-order valence-electron chi connectivity index (χ3n) is 11.8. The molecule has 18 nitrogen and oxygen atoms in total. The summed E-state index contributed by atoms with van der Waals surface area (Å²) in [5.41, 5.74) is 1.94. The summed E-state index contributed by atoms with van der Waals surface area (Å²) in [5.74, 6) is -2.05. The van der Waals surface area contributed by atoms with E-state index in [0.29, 0.717) is 12.8 Å². The topological polar surface area (TPSA) is 188 Å². The number of esters is 2. The van der Waals surface area contributed by atoms with E-state index in [9.17, 15) is 79.1 Å². The number of aromatic nitrogens is 4. The van der Waals surface area contributed by atoms with Crippen molar-refractivity contribution >= 4 is 62.9 Å². The van der Waals surface area contributed by atoms with Gasteiger partial charge < -0.3 is 29.6 Å². The molecular weight excluding hydrogens is 1160 g/mol. The van der Waals surface area contributed by atoms with Gasteiger partial charge in [0, 0.05) is 25.7 Å². The molecule has 0 bridgehead atoms. The number of hydrogen-bond acceptors (Lipinski definition) is 10. The number of aryl methyl sites for hydroxylation is 4. The number of carbonyl (C=O) groups is 6. The normalized spacial score (nSPS) is 18.6. The average molecular weight is 1220 g/mol. The van der Waals surface area contributed by atoms with E-state index in [1.807, 2.05) is 130 Å². The van der Waals surface area contributed by atoms with Gasteiger partial charge in [-0.05, 0) is 48.9 Å². The zero-order chi connectivity index (χ0) is 60.6. The van der Waals surface area contributed by atoms with Crippen LogP contribution in [-0.2, 0) is 78.5 Å². The van der Waals surface area contributed by atoms with Crippen molar-refractivity contribution < 1.29 is 107 Å². The van der Waals surface area contributed by atoms with E-state index in [4.69, 9.17) is 18.9 Å². The number of halogens is 12. The van der Waals surface area contributed by atoms with Gasteiger partial charge in [-0.1, -0.05) is 72.8 Å². The second kappa shape index (κ2) is 25.8. The average Bonchev–Trinajstić information content (AvgIpc) is 4.24. The van der Waals surface area contributed by atoms with Crippen LogP contribution in [0.2, 0.25) is 0 Å². The van der Waals surface area contributed by atoms with Crippen LogP contribution in [0, 0.1) is 0 Å². The zero-order valence-electron chi connectivity index (χ0n) is 44.0. The monoisotopic (exact) mass is 1220 g/mol. The van der Waals surface area contributed by atoms with E-state index < -0.39 is 75.8 Å². The summed E-state index contributed by atoms with van der Waals surface area (Å²) >= 11 is 0. The Balaban J connectivity index is 0.000000781. The molecule has 0 radical (unpaired) electrons. The number of benzene rings is 3. The third-order valence-corrected chi connectivity index (χ3v) is 11.8. The van der Waals surface area contributed by atoms with Gasteiger partial charge in [0.25, 0.3) is 0 Å². The van der Waals surface area contributed by atoms with E-state index in [-0.39, 0.29) is 63.4 Å². The number of likely N-dealkylation sites (tertiary alicyclic amines) is 2. The molecule has 3 aromatic carbocycles. The van der Waals surface area contributed by atoms with E-state index in [1.54, 1.807) is 24.3 Å². The van der Waals surface area contributed by atoms with Crippen molar-refractivity contribution in [3.05, 3.63) is 133 Å². The van der Waals surface area contributed by atoms with Crippen LogP contribution >= 0.6 is 15.6 Å². The van der Waals surface area contributed by atoms with Crippen LogP contribution in [-0.4, -0.2) is 92.3 Å². The maximum atomic E-state index is 14.2. The molecule has 2 aliphatic heterocycles. The van der Waals surface area contributed by atoms with E-state index in [2.05, 4.69) is 10.6 Å². The molecule has 0 aliphatic carbocycles. The van der Waals surface area contributed by atoms with Crippen molar-refractivity contribution in [2.75, 3.05) is 23.7 Å². The third kappa shape index (κ3) is 26.9. The molecular formula is C50H60F12N8O10P2. The number of nitrogens with zero attached hydrogens (tertiary/aromatic N) is 6. The van der Waals surface area contributed by atoms with Crippen LogP contribution < -0.4 is 19.8 Å². The van der Waals surface area contributed by atoms with E-state index >= 15 is 0 Å². The van der Waals surface area contributed by atoms with Gasteiger partial charge in [0.05, 0.1) is 51.6 Å². The Morgan fingerprint density at radius 1 is 0.512 bits per heavy atom. The number of amides is 4. The molecule has 7 rings (SSSR count). The summed E-state index contributed by atoms with van der Waals surface area (Å²) in [6.45, 7) is 1.30. The number of unbranched alkanes of at least 4 members (excludes halogenated alkanes) is 2. The van der Waals surface area contributed by atoms with Gasteiger partial charge in [0.1, 0.15) is 62.3 Å². The molecule has 5 aromatic rings. The van der Waals surface area contributed by atoms with Gasteiger partial charge in [-0.2, -0.15) is 0 Å². The predicted octanol–water partition coefficient (Wildman–Crippen LogP) is 12.0. The first-order valence-electron chi connectivity index (χ1n) is 25.1. The molecule has 32 heteroatoms. The Labute approximate surface area is 461 Å². The Morgan fingerprint density at radius 3 is 1.16 bits per heavy atom. The Hall–Kier alpha value is -7.48. The van der Waals surface area contributed by atoms with Crippen molar-refractivity contribution in [3.63, 3.8) is 0 Å². The number of imidazole rings is 2. The summed E-state index contributed by atoms with van der Waals surface area (Å²) in [6.07, 6.45) is 11.7. The summed E-state index contributed by atoms with van der Waals surface area (Å²) < 4.78 is 149. The molecule has 2 saturated heterocycles. The van der Waals surface area contributed by atoms with Crippen LogP contribution in [0.25, 0.3) is 0 Å². The second-order valence-corrected chi connectivity index (χ2v) is 22.9. The molecule has 0 saturated carbocycles. The Bertz CT molecular complexity index is 2780. The van der Waals surface area contributed by atoms with Crippen molar-refractivity contribution in [1.29, 1.82) is 0 Å². The SMILES string of the molecule is C[n+]1ccn(CCCCC(=O)O[C@@H]2C[C@@H](C(=O)Nc3ccccc3NC(=O)[C@@H]3C[C@@H](OC(=O)CCCCn4cc[n+](C)c4)CN3C(=O)OCc3ccccc3)N(C(=O)OCc3ccccc3)C2)c1.F[P-](F)(F)(F)(F)F.F[P-](F)(F)(F)(F)F. The fraction of sp³-hybridized carbons (Fsp3) is 0.400. The van der Waals surface area contributed by atoms with Gasteiger partial charge >= 0.3 is 90.1 Å². The number of carbonyl (C=O) groups excluding carboxylic acids is 6. The van der Waals surface area contributed by atoms with Crippen LogP contribution in [0.4, 0.5) is 71.3 Å². The van der Waals surface area contributed by atoms with Crippen molar-refractivity contribution in [3.8, 4) is 0 Å². The molecule has 82 heavy (non-hydrogen) atoms. The molecule has 0 spiro atoms. The van der Waals surface area contributed by atoms with Crippen molar-refractivity contribution in [2.24, 2.45) is 14.1 Å². The molecule has 0 unspecified atom stereocenters. The van der Waals surface area contributed by atoms with Crippen molar-refractivity contribution in [2.45, 2.75) is 102 Å². The number of ether oxygens (including phenoxy) is 4. The number of anilines is 2. The number of nitrogens with one attached hydrogen (secondary N) is 2. The number of hydrogen-bond donors (Lipinski definition) is 2. The van der Waals surface area contributed by atoms with Gasteiger partial charge in [0.15, 0.2) is 0 Å². The maximum absolute atomic E-state index is 14.2. The molecule has 2 fully saturated rings. The zero-order valence-corrected chi connectivity index (χ0v) is 45.7. The van der Waals surface area contributed by atoms with Crippen LogP contribution in [0.5, 0.6) is 0 Å². The molecule has 2 aliphatic rings. The fourth-order valence-corrected chi connectivity index (χ4v) is 8.29. The van der Waals surface area contributed by atoms with Gasteiger partial charge in [0.2, 0.25) is 24.5 Å². The first-order valence-corrected chi connectivity index (χ1v) is 29.1. The van der Waals surface area contributed by atoms with Crippen LogP contribution in [0.1, 0.15) is 62.5 Å². The molecule has 4 atom stereocenters. The van der Waals surface area contributed by atoms with Gasteiger partial charge in [-0.3, -0.25) is 29.0 Å². The molecule has 2 aromatic heterocycles. The Morgan fingerprint density at radius 2 is 0.841 bits per heavy atom. The minimum atomic E-state index is -10.7. The quantitative estimate of drug-likeness (QED) is 0.0190. The Kier molecular flexibility index (Phi) is 20.5. The van der Waals surface area contributed by atoms with Gasteiger partial charge in [-0.25, -0.2) is 27.9 Å². The summed E-state index contributed by atoms with van der Waals surface area (Å²) in [4.78, 5) is 84.1. The second-order valence-electron chi connectivity index (χ2n) is 19.1. The number of para-hydroxylation sites is 2. The number of rotatable bonds is 20. The summed E-state index contributed by atoms with van der Waals surface area (Å²) in [6, 6.07) is 22.6. The molecule has 2 N–H and O–H groups in total. The standard InChI is InChI=1S/C50H58N8O10.2F6P/c1-53-25-27-55(35-53)23-13-11-21-45(59)67-39-29-43(57(31-39)49(63)65-33-37-15-5-3-6-16-37)47(61)51-41-19-9-10-20-42(41)52-48(62)44-30-40(32-58(44)50(64)66-34-38-17-7-4-8-18-38)68-46(60)22-12-14-24-56-28-26-54(2)36-56;2*1-7(2,3,4,5)6/h3-10,15-20,25-28,35-36,39-40,43-44H,11-14,21-24,29-34H2,1-2H3;;/q;2*-1/p+2/t39-,40-,43+,44+;;/m1../s1. The van der Waals surface area contributed by atoms with E-state index in [0.717, 1.165) is 37.1 Å². The summed E-state index contributed by atoms with van der Waals surface area (Å²) in [7, 11) is -17.4. The van der Waals surface area contributed by atoms with Crippen molar-refractivity contribution in [1.82, 2.24) is 18.9 Å². The van der Waals surface area contributed by atoms with Gasteiger partial charge in [-0.15, -0.1) is 0 Å². The first-order chi connectivity index (χ1) is 37.9. The fourth-order valence-electron chi connectivity index (χ4n) is 8.29. The molecule has 454 valence electrons. The first kappa shape index (κ1) is 65.3. The summed E-state index contributed by atoms with van der Waals surface area (Å²) in [5, 5.41) is 5.72. The van der Waals surface area contributed by atoms with Crippen LogP contribution in [0.15, 0.2) is 122 Å².